The van der Waals surface area contributed by atoms with Crippen LogP contribution in [-0.4, -0.2) is 29.7 Å². The van der Waals surface area contributed by atoms with Crippen molar-refractivity contribution in [2.45, 2.75) is 51.5 Å². The third-order valence-electron chi connectivity index (χ3n) is 3.80. The molecule has 0 aromatic heterocycles. The highest BCUT2D eigenvalue weighted by Gasteiger charge is 2.31. The van der Waals surface area contributed by atoms with Crippen molar-refractivity contribution in [3.05, 3.63) is 23.8 Å². The SMILES string of the molecule is CCCCCN1C(=O)C(C)Oc2ccc(C(=O)C(C)Cl)cc21. The van der Waals surface area contributed by atoms with Crippen LogP contribution in [0, 0.1) is 0 Å². The van der Waals surface area contributed by atoms with Gasteiger partial charge in [-0.1, -0.05) is 19.8 Å². The molecule has 22 heavy (non-hydrogen) atoms. The fourth-order valence-corrected chi connectivity index (χ4v) is 2.67. The van der Waals surface area contributed by atoms with Gasteiger partial charge in [-0.2, -0.15) is 0 Å². The van der Waals surface area contributed by atoms with Crippen LogP contribution in [0.25, 0.3) is 0 Å². The number of Topliss-reactive ketones (excluding diaryl/α,β-unsaturated/α-hetero) is 1. The smallest absolute Gasteiger partial charge is 0.267 e. The highest BCUT2D eigenvalue weighted by atomic mass is 35.5. The number of carbonyl (C=O) groups excluding carboxylic acids is 2. The Balaban J connectivity index is 2.34. The van der Waals surface area contributed by atoms with Gasteiger partial charge in [-0.3, -0.25) is 9.59 Å². The summed E-state index contributed by atoms with van der Waals surface area (Å²) < 4.78 is 5.64. The van der Waals surface area contributed by atoms with Crippen LogP contribution >= 0.6 is 11.6 Å². The van der Waals surface area contributed by atoms with Crippen molar-refractivity contribution in [1.82, 2.24) is 0 Å². The summed E-state index contributed by atoms with van der Waals surface area (Å²) in [5.74, 6) is 0.429. The predicted octanol–water partition coefficient (Wildman–Crippen LogP) is 3.80. The summed E-state index contributed by atoms with van der Waals surface area (Å²) in [6.45, 7) is 6.15. The highest BCUT2D eigenvalue weighted by Crippen LogP contribution is 2.35. The summed E-state index contributed by atoms with van der Waals surface area (Å²) in [6.07, 6.45) is 2.58. The zero-order chi connectivity index (χ0) is 16.3. The minimum Gasteiger partial charge on any atom is -0.479 e. The average molecular weight is 324 g/mol. The molecular formula is C17H22ClNO3. The van der Waals surface area contributed by atoms with Crippen LogP contribution in [0.4, 0.5) is 5.69 Å². The topological polar surface area (TPSA) is 46.6 Å². The number of unbranched alkanes of at least 4 members (excludes halogenated alkanes) is 2. The quantitative estimate of drug-likeness (QED) is 0.454. The number of alkyl halides is 1. The second-order valence-electron chi connectivity index (χ2n) is 5.62. The van der Waals surface area contributed by atoms with Crippen LogP contribution in [0.3, 0.4) is 0 Å². The number of nitrogens with zero attached hydrogens (tertiary/aromatic N) is 1. The molecule has 120 valence electrons. The number of hydrogen-bond donors (Lipinski definition) is 0. The van der Waals surface area contributed by atoms with Gasteiger partial charge in [0.25, 0.3) is 5.91 Å². The van der Waals surface area contributed by atoms with Crippen molar-refractivity contribution in [3.63, 3.8) is 0 Å². The van der Waals surface area contributed by atoms with E-state index < -0.39 is 11.5 Å². The van der Waals surface area contributed by atoms with Crippen LogP contribution in [0.2, 0.25) is 0 Å². The Kier molecular flexibility index (Phi) is 5.46. The summed E-state index contributed by atoms with van der Waals surface area (Å²) >= 11 is 5.88. The summed E-state index contributed by atoms with van der Waals surface area (Å²) in [4.78, 5) is 26.2. The monoisotopic (exact) mass is 323 g/mol. The summed E-state index contributed by atoms with van der Waals surface area (Å²) in [7, 11) is 0. The molecule has 0 saturated heterocycles. The number of halogens is 1. The molecule has 0 fully saturated rings. The molecule has 2 unspecified atom stereocenters. The standard InChI is InChI=1S/C17H22ClNO3/c1-4-5-6-9-19-14-10-13(16(20)11(2)18)7-8-15(14)22-12(3)17(19)21/h7-8,10-12H,4-6,9H2,1-3H3. The molecular weight excluding hydrogens is 302 g/mol. The van der Waals surface area contributed by atoms with Gasteiger partial charge in [0.2, 0.25) is 0 Å². The maximum Gasteiger partial charge on any atom is 0.267 e. The lowest BCUT2D eigenvalue weighted by molar-refractivity contribution is -0.125. The first-order valence-electron chi connectivity index (χ1n) is 7.76. The second kappa shape index (κ2) is 7.14. The van der Waals surface area contributed by atoms with Crippen molar-refractivity contribution < 1.29 is 14.3 Å². The lowest BCUT2D eigenvalue weighted by Gasteiger charge is -2.33. The average Bonchev–Trinajstić information content (AvgIpc) is 2.50. The van der Waals surface area contributed by atoms with Crippen molar-refractivity contribution in [2.75, 3.05) is 11.4 Å². The minimum absolute atomic E-state index is 0.0628. The molecule has 1 aliphatic heterocycles. The Morgan fingerprint density at radius 1 is 1.41 bits per heavy atom. The molecule has 0 aliphatic carbocycles. The van der Waals surface area contributed by atoms with Crippen LogP contribution in [0.1, 0.15) is 50.4 Å². The fourth-order valence-electron chi connectivity index (χ4n) is 2.54. The number of carbonyl (C=O) groups is 2. The zero-order valence-corrected chi connectivity index (χ0v) is 14.0. The van der Waals surface area contributed by atoms with Crippen molar-refractivity contribution >= 4 is 29.0 Å². The Morgan fingerprint density at radius 3 is 2.77 bits per heavy atom. The van der Waals surface area contributed by atoms with Gasteiger partial charge < -0.3 is 9.64 Å². The predicted molar refractivity (Wildman–Crippen MR) is 88.1 cm³/mol. The number of rotatable bonds is 6. The molecule has 0 saturated carbocycles. The minimum atomic E-state index is -0.592. The van der Waals surface area contributed by atoms with Gasteiger partial charge in [0.05, 0.1) is 11.1 Å². The highest BCUT2D eigenvalue weighted by molar-refractivity contribution is 6.33. The molecule has 1 heterocycles. The van der Waals surface area contributed by atoms with Crippen molar-refractivity contribution in [3.8, 4) is 5.75 Å². The fraction of sp³-hybridized carbons (Fsp3) is 0.529. The third-order valence-corrected chi connectivity index (χ3v) is 4.00. The zero-order valence-electron chi connectivity index (χ0n) is 13.3. The number of ether oxygens (including phenoxy) is 1. The third kappa shape index (κ3) is 3.43. The molecule has 1 aliphatic rings. The van der Waals surface area contributed by atoms with E-state index in [1.165, 1.54) is 0 Å². The number of benzene rings is 1. The van der Waals surface area contributed by atoms with E-state index >= 15 is 0 Å². The van der Waals surface area contributed by atoms with E-state index in [-0.39, 0.29) is 11.7 Å². The van der Waals surface area contributed by atoms with E-state index in [1.807, 2.05) is 0 Å². The normalized spacial score (nSPS) is 18.6. The van der Waals surface area contributed by atoms with Crippen molar-refractivity contribution in [2.24, 2.45) is 0 Å². The Labute approximate surface area is 136 Å². The van der Waals surface area contributed by atoms with Gasteiger partial charge in [-0.25, -0.2) is 0 Å². The molecule has 1 amide bonds. The van der Waals surface area contributed by atoms with Crippen LogP contribution in [0.15, 0.2) is 18.2 Å². The van der Waals surface area contributed by atoms with Crippen molar-refractivity contribution in [1.29, 1.82) is 0 Å². The molecule has 1 aromatic carbocycles. The summed E-state index contributed by atoms with van der Waals surface area (Å²) in [6, 6.07) is 5.16. The first-order valence-corrected chi connectivity index (χ1v) is 8.19. The number of fused-ring (bicyclic) bond motifs is 1. The number of ketones is 1. The molecule has 5 heteroatoms. The van der Waals surface area contributed by atoms with E-state index in [9.17, 15) is 9.59 Å². The molecule has 1 aromatic rings. The van der Waals surface area contributed by atoms with Gasteiger partial charge >= 0.3 is 0 Å². The Morgan fingerprint density at radius 2 is 2.14 bits per heavy atom. The summed E-state index contributed by atoms with van der Waals surface area (Å²) in [5, 5.41) is -0.592. The maximum atomic E-state index is 12.4. The molecule has 0 radical (unpaired) electrons. The van der Waals surface area contributed by atoms with E-state index in [2.05, 4.69) is 6.92 Å². The van der Waals surface area contributed by atoms with Crippen LogP contribution in [0.5, 0.6) is 5.75 Å². The molecule has 0 N–H and O–H groups in total. The first kappa shape index (κ1) is 16.8. The van der Waals surface area contributed by atoms with Gasteiger partial charge in [0.1, 0.15) is 5.75 Å². The second-order valence-corrected chi connectivity index (χ2v) is 6.27. The lowest BCUT2D eigenvalue weighted by atomic mass is 10.0. The van der Waals surface area contributed by atoms with Gasteiger partial charge in [-0.05, 0) is 38.5 Å². The lowest BCUT2D eigenvalue weighted by Crippen LogP contribution is -2.45. The van der Waals surface area contributed by atoms with Crippen LogP contribution in [-0.2, 0) is 4.79 Å². The Hall–Kier alpha value is -1.55. The Bertz CT molecular complexity index is 571. The maximum absolute atomic E-state index is 12.4. The first-order chi connectivity index (χ1) is 10.5. The van der Waals surface area contributed by atoms with Crippen LogP contribution < -0.4 is 9.64 Å². The van der Waals surface area contributed by atoms with Gasteiger partial charge in [0, 0.05) is 12.1 Å². The molecule has 2 rings (SSSR count). The number of amides is 1. The largest absolute Gasteiger partial charge is 0.479 e. The summed E-state index contributed by atoms with van der Waals surface area (Å²) in [5.41, 5.74) is 1.18. The van der Waals surface area contributed by atoms with Gasteiger partial charge in [-0.15, -0.1) is 11.6 Å². The van der Waals surface area contributed by atoms with Gasteiger partial charge in [0.15, 0.2) is 11.9 Å². The van der Waals surface area contributed by atoms with E-state index in [0.29, 0.717) is 23.5 Å². The van der Waals surface area contributed by atoms with E-state index in [4.69, 9.17) is 16.3 Å². The molecule has 4 nitrogen and oxygen atoms in total. The van der Waals surface area contributed by atoms with E-state index in [0.717, 1.165) is 19.3 Å². The van der Waals surface area contributed by atoms with E-state index in [1.54, 1.807) is 36.9 Å². The molecule has 0 bridgehead atoms. The number of hydrogen-bond acceptors (Lipinski definition) is 3. The number of anilines is 1. The molecule has 2 atom stereocenters. The molecule has 0 spiro atoms.